The Morgan fingerprint density at radius 3 is 2.79 bits per heavy atom. The van der Waals surface area contributed by atoms with E-state index in [1.54, 1.807) is 0 Å². The van der Waals surface area contributed by atoms with Crippen LogP contribution in [0.25, 0.3) is 10.1 Å². The molecule has 72 valence electrons. The number of rotatable bonds is 1. The predicted molar refractivity (Wildman–Crippen MR) is 60.0 cm³/mol. The van der Waals surface area contributed by atoms with Gasteiger partial charge in [-0.15, -0.1) is 11.3 Å². The first-order valence-electron chi connectivity index (χ1n) is 3.92. The molecule has 0 bridgehead atoms. The summed E-state index contributed by atoms with van der Waals surface area (Å²) in [6.45, 7) is 0. The van der Waals surface area contributed by atoms with Crippen molar-refractivity contribution < 1.29 is 4.79 Å². The minimum absolute atomic E-state index is 0.546. The van der Waals surface area contributed by atoms with Gasteiger partial charge in [0.05, 0.1) is 5.02 Å². The molecule has 1 heterocycles. The number of primary amides is 1. The molecule has 0 saturated heterocycles. The van der Waals surface area contributed by atoms with E-state index in [4.69, 9.17) is 17.3 Å². The lowest BCUT2D eigenvalue weighted by molar-refractivity contribution is 0.259. The van der Waals surface area contributed by atoms with Crippen molar-refractivity contribution in [2.75, 3.05) is 5.32 Å². The summed E-state index contributed by atoms with van der Waals surface area (Å²) in [4.78, 5) is 10.7. The number of fused-ring (bicyclic) bond motifs is 1. The zero-order chi connectivity index (χ0) is 10.1. The molecule has 2 rings (SSSR count). The van der Waals surface area contributed by atoms with Crippen LogP contribution in [0.1, 0.15) is 0 Å². The van der Waals surface area contributed by atoms with Crippen molar-refractivity contribution in [3.8, 4) is 0 Å². The van der Waals surface area contributed by atoms with Gasteiger partial charge in [0.2, 0.25) is 0 Å². The molecule has 5 heteroatoms. The third kappa shape index (κ3) is 1.54. The summed E-state index contributed by atoms with van der Waals surface area (Å²) >= 11 is 7.45. The Morgan fingerprint density at radius 1 is 1.43 bits per heavy atom. The number of urea groups is 1. The standard InChI is InChI=1S/C9H7ClN2OS/c10-7-5-3-1-2-4-6(5)14-8(7)12-9(11)13/h1-4H,(H3,11,12,13). The first kappa shape index (κ1) is 9.30. The largest absolute Gasteiger partial charge is 0.351 e. The Bertz CT molecular complexity index is 495. The van der Waals surface area contributed by atoms with Crippen LogP contribution in [0.5, 0.6) is 0 Å². The van der Waals surface area contributed by atoms with Crippen LogP contribution in [-0.4, -0.2) is 6.03 Å². The van der Waals surface area contributed by atoms with E-state index in [0.29, 0.717) is 10.0 Å². The number of thiophene rings is 1. The third-order valence-corrected chi connectivity index (χ3v) is 3.36. The quantitative estimate of drug-likeness (QED) is 0.772. The van der Waals surface area contributed by atoms with Gasteiger partial charge in [0, 0.05) is 10.1 Å². The SMILES string of the molecule is NC(=O)Nc1sc2ccccc2c1Cl. The van der Waals surface area contributed by atoms with Gasteiger partial charge < -0.3 is 5.73 Å². The van der Waals surface area contributed by atoms with Gasteiger partial charge in [-0.05, 0) is 6.07 Å². The van der Waals surface area contributed by atoms with Crippen molar-refractivity contribution in [3.63, 3.8) is 0 Å². The number of halogens is 1. The minimum atomic E-state index is -0.599. The molecule has 0 aliphatic carbocycles. The van der Waals surface area contributed by atoms with Crippen LogP contribution in [0.3, 0.4) is 0 Å². The number of carbonyl (C=O) groups excluding carboxylic acids is 1. The molecule has 2 aromatic rings. The molecule has 2 amide bonds. The molecule has 0 spiro atoms. The molecule has 0 radical (unpaired) electrons. The van der Waals surface area contributed by atoms with E-state index >= 15 is 0 Å². The molecular weight excluding hydrogens is 220 g/mol. The van der Waals surface area contributed by atoms with Crippen LogP contribution in [0, 0.1) is 0 Å². The Kier molecular flexibility index (Phi) is 2.31. The molecule has 0 saturated carbocycles. The van der Waals surface area contributed by atoms with Crippen molar-refractivity contribution in [3.05, 3.63) is 29.3 Å². The molecule has 0 fully saturated rings. The smallest absolute Gasteiger partial charge is 0.317 e. The van der Waals surface area contributed by atoms with Crippen molar-refractivity contribution in [2.45, 2.75) is 0 Å². The maximum absolute atomic E-state index is 10.7. The zero-order valence-corrected chi connectivity index (χ0v) is 8.65. The number of nitrogens with one attached hydrogen (secondary N) is 1. The van der Waals surface area contributed by atoms with E-state index in [9.17, 15) is 4.79 Å². The second-order valence-electron chi connectivity index (χ2n) is 2.73. The molecule has 3 nitrogen and oxygen atoms in total. The third-order valence-electron chi connectivity index (χ3n) is 1.77. The minimum Gasteiger partial charge on any atom is -0.351 e. The van der Waals surface area contributed by atoms with E-state index in [0.717, 1.165) is 10.1 Å². The summed E-state index contributed by atoms with van der Waals surface area (Å²) < 4.78 is 1.03. The van der Waals surface area contributed by atoms with Crippen molar-refractivity contribution in [2.24, 2.45) is 5.73 Å². The lowest BCUT2D eigenvalue weighted by Gasteiger charge is -1.96. The zero-order valence-electron chi connectivity index (χ0n) is 7.08. The monoisotopic (exact) mass is 226 g/mol. The van der Waals surface area contributed by atoms with Crippen LogP contribution in [0.15, 0.2) is 24.3 Å². The molecule has 3 N–H and O–H groups in total. The summed E-state index contributed by atoms with van der Waals surface area (Å²) in [6.07, 6.45) is 0. The Morgan fingerprint density at radius 2 is 2.14 bits per heavy atom. The van der Waals surface area contributed by atoms with E-state index in [2.05, 4.69) is 5.32 Å². The lowest BCUT2D eigenvalue weighted by Crippen LogP contribution is -2.18. The highest BCUT2D eigenvalue weighted by molar-refractivity contribution is 7.23. The number of benzene rings is 1. The highest BCUT2D eigenvalue weighted by Gasteiger charge is 2.10. The molecule has 0 atom stereocenters. The van der Waals surface area contributed by atoms with Crippen molar-refractivity contribution in [1.82, 2.24) is 0 Å². The average Bonchev–Trinajstić information content (AvgIpc) is 2.44. The van der Waals surface area contributed by atoms with Gasteiger partial charge in [0.25, 0.3) is 0 Å². The van der Waals surface area contributed by atoms with Gasteiger partial charge in [-0.3, -0.25) is 5.32 Å². The molecule has 1 aromatic heterocycles. The van der Waals surface area contributed by atoms with Crippen LogP contribution < -0.4 is 11.1 Å². The number of hydrogen-bond donors (Lipinski definition) is 2. The van der Waals surface area contributed by atoms with E-state index in [1.807, 2.05) is 24.3 Å². The Hall–Kier alpha value is -1.26. The van der Waals surface area contributed by atoms with Crippen molar-refractivity contribution in [1.29, 1.82) is 0 Å². The molecule has 14 heavy (non-hydrogen) atoms. The summed E-state index contributed by atoms with van der Waals surface area (Å²) in [7, 11) is 0. The summed E-state index contributed by atoms with van der Waals surface area (Å²) in [5.74, 6) is 0. The van der Waals surface area contributed by atoms with E-state index in [1.165, 1.54) is 11.3 Å². The van der Waals surface area contributed by atoms with Gasteiger partial charge in [-0.2, -0.15) is 0 Å². The Labute approximate surface area is 89.5 Å². The second kappa shape index (κ2) is 3.48. The van der Waals surface area contributed by atoms with Crippen LogP contribution >= 0.6 is 22.9 Å². The predicted octanol–water partition coefficient (Wildman–Crippen LogP) is 3.05. The van der Waals surface area contributed by atoms with Crippen molar-refractivity contribution >= 4 is 44.1 Å². The number of carbonyl (C=O) groups is 1. The fourth-order valence-corrected chi connectivity index (χ4v) is 2.59. The summed E-state index contributed by atoms with van der Waals surface area (Å²) in [6, 6.07) is 7.06. The summed E-state index contributed by atoms with van der Waals surface area (Å²) in [5, 5.41) is 4.56. The average molecular weight is 227 g/mol. The highest BCUT2D eigenvalue weighted by Crippen LogP contribution is 2.39. The van der Waals surface area contributed by atoms with E-state index < -0.39 is 6.03 Å². The van der Waals surface area contributed by atoms with Gasteiger partial charge in [0.1, 0.15) is 5.00 Å². The molecule has 0 aliphatic heterocycles. The fraction of sp³-hybridized carbons (Fsp3) is 0. The number of hydrogen-bond acceptors (Lipinski definition) is 2. The number of anilines is 1. The maximum atomic E-state index is 10.7. The van der Waals surface area contributed by atoms with Gasteiger partial charge in [0.15, 0.2) is 0 Å². The maximum Gasteiger partial charge on any atom is 0.317 e. The second-order valence-corrected chi connectivity index (χ2v) is 4.16. The first-order valence-corrected chi connectivity index (χ1v) is 5.11. The Balaban J connectivity index is 2.57. The summed E-state index contributed by atoms with van der Waals surface area (Å²) in [5.41, 5.74) is 5.01. The van der Waals surface area contributed by atoms with Gasteiger partial charge in [-0.1, -0.05) is 29.8 Å². The van der Waals surface area contributed by atoms with Crippen LogP contribution in [0.2, 0.25) is 5.02 Å². The normalized spacial score (nSPS) is 10.4. The fourth-order valence-electron chi connectivity index (χ4n) is 1.21. The molecule has 0 unspecified atom stereocenters. The van der Waals surface area contributed by atoms with Crippen LogP contribution in [-0.2, 0) is 0 Å². The van der Waals surface area contributed by atoms with Gasteiger partial charge >= 0.3 is 6.03 Å². The topological polar surface area (TPSA) is 55.1 Å². The number of amides is 2. The lowest BCUT2D eigenvalue weighted by atomic mass is 10.3. The molecule has 0 aliphatic rings. The highest BCUT2D eigenvalue weighted by atomic mass is 35.5. The molecular formula is C9H7ClN2OS. The van der Waals surface area contributed by atoms with Crippen LogP contribution in [0.4, 0.5) is 9.80 Å². The van der Waals surface area contributed by atoms with Gasteiger partial charge in [-0.25, -0.2) is 4.79 Å². The molecule has 1 aromatic carbocycles. The number of nitrogens with two attached hydrogens (primary N) is 1. The first-order chi connectivity index (χ1) is 6.68. The van der Waals surface area contributed by atoms with E-state index in [-0.39, 0.29) is 0 Å².